The molecule has 0 unspecified atom stereocenters. The number of hydrogen-bond acceptors (Lipinski definition) is 6. The van der Waals surface area contributed by atoms with Gasteiger partial charge in [0, 0.05) is 29.9 Å². The third-order valence-corrected chi connectivity index (χ3v) is 7.60. The Morgan fingerprint density at radius 1 is 1.11 bits per heavy atom. The molecule has 0 radical (unpaired) electrons. The maximum atomic E-state index is 13.0. The summed E-state index contributed by atoms with van der Waals surface area (Å²) in [6, 6.07) is 20.5. The van der Waals surface area contributed by atoms with E-state index in [9.17, 15) is 9.59 Å². The monoisotopic (exact) mass is 581 g/mol. The van der Waals surface area contributed by atoms with Crippen molar-refractivity contribution in [1.29, 1.82) is 0 Å². The summed E-state index contributed by atoms with van der Waals surface area (Å²) >= 11 is 10.2. The van der Waals surface area contributed by atoms with Crippen molar-refractivity contribution in [2.24, 2.45) is 0 Å². The zero-order valence-electron chi connectivity index (χ0n) is 19.9. The number of benzene rings is 3. The van der Waals surface area contributed by atoms with Gasteiger partial charge in [-0.3, -0.25) is 14.5 Å². The lowest BCUT2D eigenvalue weighted by Crippen LogP contribution is -2.27. The predicted molar refractivity (Wildman–Crippen MR) is 156 cm³/mol. The topological polar surface area (TPSA) is 61.9 Å². The Morgan fingerprint density at radius 2 is 1.81 bits per heavy atom. The normalized spacial score (nSPS) is 14.3. The molecule has 1 aliphatic rings. The molecule has 9 heteroatoms. The van der Waals surface area contributed by atoms with Crippen LogP contribution in [-0.2, 0) is 9.59 Å². The second kappa shape index (κ2) is 11.3. The van der Waals surface area contributed by atoms with E-state index in [1.807, 2.05) is 80.5 Å². The van der Waals surface area contributed by atoms with E-state index in [-0.39, 0.29) is 18.4 Å². The number of thiocarbonyl (C=S) groups is 1. The number of carbonyl (C=O) groups is 2. The molecule has 0 aromatic heterocycles. The minimum Gasteiger partial charge on any atom is -0.484 e. The number of rotatable bonds is 7. The van der Waals surface area contributed by atoms with Gasteiger partial charge in [0.15, 0.2) is 10.9 Å². The number of carbonyl (C=O) groups excluding carboxylic acids is 2. The van der Waals surface area contributed by atoms with E-state index in [1.54, 1.807) is 23.1 Å². The molecule has 36 heavy (non-hydrogen) atoms. The van der Waals surface area contributed by atoms with Gasteiger partial charge in [-0.1, -0.05) is 52.0 Å². The molecule has 1 heterocycles. The summed E-state index contributed by atoms with van der Waals surface area (Å²) in [5.74, 6) is 0.161. The predicted octanol–water partition coefficient (Wildman–Crippen LogP) is 6.25. The fraction of sp³-hybridized carbons (Fsp3) is 0.148. The molecule has 2 amide bonds. The minimum absolute atomic E-state index is 0.111. The molecule has 3 aromatic rings. The Labute approximate surface area is 228 Å². The highest BCUT2D eigenvalue weighted by Gasteiger charge is 2.33. The van der Waals surface area contributed by atoms with Gasteiger partial charge in [0.1, 0.15) is 5.75 Å². The number of amides is 2. The van der Waals surface area contributed by atoms with E-state index in [1.165, 1.54) is 11.8 Å². The summed E-state index contributed by atoms with van der Waals surface area (Å²) in [4.78, 5) is 29.4. The van der Waals surface area contributed by atoms with Gasteiger partial charge in [0.2, 0.25) is 0 Å². The molecule has 0 atom stereocenters. The third kappa shape index (κ3) is 6.16. The summed E-state index contributed by atoms with van der Waals surface area (Å²) < 4.78 is 7.09. The van der Waals surface area contributed by atoms with Gasteiger partial charge in [-0.05, 0) is 78.7 Å². The molecule has 3 aromatic carbocycles. The molecular formula is C27H24BrN3O3S2. The number of halogens is 1. The average Bonchev–Trinajstić information content (AvgIpc) is 3.13. The molecule has 6 nitrogen and oxygen atoms in total. The van der Waals surface area contributed by atoms with E-state index in [0.29, 0.717) is 20.7 Å². The van der Waals surface area contributed by atoms with Gasteiger partial charge in [-0.25, -0.2) is 0 Å². The first-order valence-corrected chi connectivity index (χ1v) is 13.1. The molecule has 4 rings (SSSR count). The summed E-state index contributed by atoms with van der Waals surface area (Å²) in [6.45, 7) is 1.85. The Balaban J connectivity index is 1.36. The zero-order chi connectivity index (χ0) is 25.8. The Kier molecular flexibility index (Phi) is 8.13. The Bertz CT molecular complexity index is 1340. The second-order valence-electron chi connectivity index (χ2n) is 8.30. The molecule has 1 saturated heterocycles. The van der Waals surface area contributed by atoms with Crippen LogP contribution in [0, 0.1) is 6.92 Å². The number of ether oxygens (including phenoxy) is 1. The first kappa shape index (κ1) is 25.9. The standard InChI is InChI=1S/C27H24BrN3O3S2/c1-17-14-19(6-13-23(17)28)29-25(32)16-34-22-11-4-18(5-12-22)15-24-26(33)31(27(35)36-24)21-9-7-20(8-10-21)30(2)3/h4-15H,16H2,1-3H3,(H,29,32)/b24-15-. The van der Waals surface area contributed by atoms with E-state index in [4.69, 9.17) is 17.0 Å². The number of nitrogens with zero attached hydrogens (tertiary/aromatic N) is 2. The minimum atomic E-state index is -0.247. The number of hydrogen-bond donors (Lipinski definition) is 1. The van der Waals surface area contributed by atoms with Gasteiger partial charge >= 0.3 is 0 Å². The number of thioether (sulfide) groups is 1. The molecule has 1 fully saturated rings. The van der Waals surface area contributed by atoms with Crippen LogP contribution in [0.3, 0.4) is 0 Å². The van der Waals surface area contributed by atoms with Crippen molar-refractivity contribution < 1.29 is 14.3 Å². The summed E-state index contributed by atoms with van der Waals surface area (Å²) in [5, 5.41) is 2.82. The van der Waals surface area contributed by atoms with E-state index in [0.717, 1.165) is 27.0 Å². The highest BCUT2D eigenvalue weighted by Crippen LogP contribution is 2.36. The molecule has 1 aliphatic heterocycles. The van der Waals surface area contributed by atoms with Crippen molar-refractivity contribution >= 4 is 79.2 Å². The zero-order valence-corrected chi connectivity index (χ0v) is 23.2. The molecule has 184 valence electrons. The van der Waals surface area contributed by atoms with Crippen molar-refractivity contribution in [1.82, 2.24) is 0 Å². The Morgan fingerprint density at radius 3 is 2.44 bits per heavy atom. The molecule has 0 aliphatic carbocycles. The van der Waals surface area contributed by atoms with Crippen molar-refractivity contribution in [2.75, 3.05) is 35.8 Å². The smallest absolute Gasteiger partial charge is 0.270 e. The SMILES string of the molecule is Cc1cc(NC(=O)COc2ccc(/C=C3\SC(=S)N(c4ccc(N(C)C)cc4)C3=O)cc2)ccc1Br. The van der Waals surface area contributed by atoms with Crippen LogP contribution in [-0.4, -0.2) is 36.8 Å². The Hall–Kier alpha value is -3.14. The summed E-state index contributed by atoms with van der Waals surface area (Å²) in [6.07, 6.45) is 1.81. The molecule has 0 bridgehead atoms. The van der Waals surface area contributed by atoms with Crippen LogP contribution in [0.5, 0.6) is 5.75 Å². The number of nitrogens with one attached hydrogen (secondary N) is 1. The lowest BCUT2D eigenvalue weighted by atomic mass is 10.2. The van der Waals surface area contributed by atoms with E-state index in [2.05, 4.69) is 21.2 Å². The fourth-order valence-electron chi connectivity index (χ4n) is 3.47. The van der Waals surface area contributed by atoms with Gasteiger partial charge in [-0.2, -0.15) is 0 Å². The molecule has 0 saturated carbocycles. The van der Waals surface area contributed by atoms with Crippen molar-refractivity contribution in [3.63, 3.8) is 0 Å². The van der Waals surface area contributed by atoms with Gasteiger partial charge in [-0.15, -0.1) is 0 Å². The van der Waals surface area contributed by atoms with Crippen LogP contribution in [0.4, 0.5) is 17.1 Å². The average molecular weight is 583 g/mol. The summed E-state index contributed by atoms with van der Waals surface area (Å²) in [7, 11) is 3.93. The highest BCUT2D eigenvalue weighted by molar-refractivity contribution is 9.10. The van der Waals surface area contributed by atoms with Crippen LogP contribution in [0.2, 0.25) is 0 Å². The van der Waals surface area contributed by atoms with E-state index >= 15 is 0 Å². The molecular weight excluding hydrogens is 558 g/mol. The lowest BCUT2D eigenvalue weighted by Gasteiger charge is -2.17. The number of anilines is 3. The maximum Gasteiger partial charge on any atom is 0.270 e. The third-order valence-electron chi connectivity index (χ3n) is 5.41. The van der Waals surface area contributed by atoms with E-state index < -0.39 is 0 Å². The quantitative estimate of drug-likeness (QED) is 0.263. The first-order valence-electron chi connectivity index (χ1n) is 11.1. The maximum absolute atomic E-state index is 13.0. The van der Waals surface area contributed by atoms with Crippen molar-refractivity contribution in [3.05, 3.63) is 87.2 Å². The fourth-order valence-corrected chi connectivity index (χ4v) is 5.02. The van der Waals surface area contributed by atoms with Crippen molar-refractivity contribution in [2.45, 2.75) is 6.92 Å². The van der Waals surface area contributed by atoms with Crippen LogP contribution in [0.15, 0.2) is 76.1 Å². The largest absolute Gasteiger partial charge is 0.484 e. The molecule has 1 N–H and O–H groups in total. The summed E-state index contributed by atoms with van der Waals surface area (Å²) in [5.41, 5.74) is 4.37. The van der Waals surface area contributed by atoms with Crippen LogP contribution >= 0.6 is 39.9 Å². The first-order chi connectivity index (χ1) is 17.2. The lowest BCUT2D eigenvalue weighted by molar-refractivity contribution is -0.118. The van der Waals surface area contributed by atoms with Crippen LogP contribution in [0.1, 0.15) is 11.1 Å². The van der Waals surface area contributed by atoms with Gasteiger partial charge in [0.05, 0.1) is 10.6 Å². The molecule has 0 spiro atoms. The van der Waals surface area contributed by atoms with Crippen LogP contribution in [0.25, 0.3) is 6.08 Å². The van der Waals surface area contributed by atoms with Gasteiger partial charge < -0.3 is 15.0 Å². The van der Waals surface area contributed by atoms with Gasteiger partial charge in [0.25, 0.3) is 11.8 Å². The highest BCUT2D eigenvalue weighted by atomic mass is 79.9. The number of aryl methyl sites for hydroxylation is 1. The van der Waals surface area contributed by atoms with Crippen LogP contribution < -0.4 is 19.9 Å². The second-order valence-corrected chi connectivity index (χ2v) is 10.8. The van der Waals surface area contributed by atoms with Crippen molar-refractivity contribution in [3.8, 4) is 5.75 Å².